The number of aromatic nitrogens is 1. The van der Waals surface area contributed by atoms with Gasteiger partial charge in [-0.25, -0.2) is 4.99 Å². The molecular weight excluding hydrogens is 316 g/mol. The number of aliphatic imine (C=N–C) groups is 1. The van der Waals surface area contributed by atoms with Gasteiger partial charge in [-0.1, -0.05) is 54.6 Å². The summed E-state index contributed by atoms with van der Waals surface area (Å²) in [4.78, 5) is 9.86. The molecule has 26 heavy (non-hydrogen) atoms. The van der Waals surface area contributed by atoms with Crippen LogP contribution in [-0.4, -0.2) is 10.7 Å². The molecule has 3 aromatic carbocycles. The van der Waals surface area contributed by atoms with Crippen LogP contribution in [0.25, 0.3) is 22.0 Å². The second kappa shape index (κ2) is 5.63. The van der Waals surface area contributed by atoms with Crippen LogP contribution in [0.2, 0.25) is 0 Å². The van der Waals surface area contributed by atoms with Crippen molar-refractivity contribution < 1.29 is 0 Å². The van der Waals surface area contributed by atoms with E-state index < -0.39 is 0 Å². The van der Waals surface area contributed by atoms with Crippen LogP contribution in [0.3, 0.4) is 0 Å². The number of benzene rings is 3. The fourth-order valence-electron chi connectivity index (χ4n) is 3.82. The molecule has 1 heterocycles. The first kappa shape index (κ1) is 15.0. The minimum absolute atomic E-state index is 1.000. The molecule has 0 radical (unpaired) electrons. The molecule has 0 fully saturated rings. The van der Waals surface area contributed by atoms with Crippen LogP contribution in [0.1, 0.15) is 22.3 Å². The first-order valence-corrected chi connectivity index (χ1v) is 8.86. The van der Waals surface area contributed by atoms with Crippen LogP contribution < -0.4 is 0 Å². The Morgan fingerprint density at radius 3 is 2.54 bits per heavy atom. The van der Waals surface area contributed by atoms with Crippen LogP contribution in [0.4, 0.5) is 5.69 Å². The lowest BCUT2D eigenvalue weighted by molar-refractivity contribution is 1.26. The van der Waals surface area contributed by atoms with Crippen molar-refractivity contribution in [2.75, 3.05) is 0 Å². The number of hydrogen-bond acceptors (Lipinski definition) is 2. The van der Waals surface area contributed by atoms with E-state index in [1.807, 2.05) is 6.20 Å². The lowest BCUT2D eigenvalue weighted by Gasteiger charge is -2.06. The molecule has 1 aliphatic rings. The summed E-state index contributed by atoms with van der Waals surface area (Å²) in [5.41, 5.74) is 8.96. The topological polar surface area (TPSA) is 25.2 Å². The van der Waals surface area contributed by atoms with Gasteiger partial charge in [0.25, 0.3) is 0 Å². The van der Waals surface area contributed by atoms with E-state index in [1.165, 1.54) is 27.5 Å². The summed E-state index contributed by atoms with van der Waals surface area (Å²) >= 11 is 0. The van der Waals surface area contributed by atoms with Crippen molar-refractivity contribution in [2.45, 2.75) is 13.8 Å². The van der Waals surface area contributed by atoms with E-state index in [0.29, 0.717) is 0 Å². The van der Waals surface area contributed by atoms with Gasteiger partial charge in [0.05, 0.1) is 17.1 Å². The summed E-state index contributed by atoms with van der Waals surface area (Å²) in [6.45, 7) is 4.23. The fourth-order valence-corrected chi connectivity index (χ4v) is 3.82. The SMILES string of the molecule is Cc1cnc2c(c1)C(=Nc1cccc3ccccc13)c1cccc(C)c1-2. The maximum Gasteiger partial charge on any atom is 0.0810 e. The Morgan fingerprint density at radius 1 is 0.808 bits per heavy atom. The van der Waals surface area contributed by atoms with Gasteiger partial charge in [0.15, 0.2) is 0 Å². The average molecular weight is 334 g/mol. The number of rotatable bonds is 1. The largest absolute Gasteiger partial charge is 0.255 e. The van der Waals surface area contributed by atoms with Crippen LogP contribution in [-0.2, 0) is 0 Å². The van der Waals surface area contributed by atoms with Gasteiger partial charge in [0, 0.05) is 28.3 Å². The molecule has 4 aromatic rings. The molecule has 0 bridgehead atoms. The Balaban J connectivity index is 1.83. The molecular formula is C24H18N2. The molecule has 5 rings (SSSR count). The van der Waals surface area contributed by atoms with Gasteiger partial charge in [-0.2, -0.15) is 0 Å². The van der Waals surface area contributed by atoms with Crippen molar-refractivity contribution in [3.8, 4) is 11.3 Å². The third kappa shape index (κ3) is 2.19. The third-order valence-corrected chi connectivity index (χ3v) is 5.04. The lowest BCUT2D eigenvalue weighted by atomic mass is 10.0. The highest BCUT2D eigenvalue weighted by Crippen LogP contribution is 2.39. The van der Waals surface area contributed by atoms with E-state index in [0.717, 1.165) is 28.2 Å². The average Bonchev–Trinajstić information content (AvgIpc) is 2.96. The molecule has 0 unspecified atom stereocenters. The predicted octanol–water partition coefficient (Wildman–Crippen LogP) is 6.00. The van der Waals surface area contributed by atoms with Crippen LogP contribution in [0, 0.1) is 13.8 Å². The van der Waals surface area contributed by atoms with E-state index in [9.17, 15) is 0 Å². The quantitative estimate of drug-likeness (QED) is 0.369. The Bertz CT molecular complexity index is 1200. The molecule has 0 aliphatic heterocycles. The van der Waals surface area contributed by atoms with E-state index in [-0.39, 0.29) is 0 Å². The molecule has 0 saturated carbocycles. The second-order valence-electron chi connectivity index (χ2n) is 6.86. The summed E-state index contributed by atoms with van der Waals surface area (Å²) in [5.74, 6) is 0. The summed E-state index contributed by atoms with van der Waals surface area (Å²) in [7, 11) is 0. The maximum atomic E-state index is 5.13. The smallest absolute Gasteiger partial charge is 0.0810 e. The third-order valence-electron chi connectivity index (χ3n) is 5.04. The van der Waals surface area contributed by atoms with Crippen LogP contribution in [0.5, 0.6) is 0 Å². The van der Waals surface area contributed by atoms with Gasteiger partial charge in [-0.3, -0.25) is 4.98 Å². The highest BCUT2D eigenvalue weighted by atomic mass is 14.8. The monoisotopic (exact) mass is 334 g/mol. The number of fused-ring (bicyclic) bond motifs is 4. The van der Waals surface area contributed by atoms with Gasteiger partial charge < -0.3 is 0 Å². The Morgan fingerprint density at radius 2 is 1.62 bits per heavy atom. The molecule has 1 aromatic heterocycles. The summed E-state index contributed by atoms with van der Waals surface area (Å²) < 4.78 is 0. The van der Waals surface area contributed by atoms with Gasteiger partial charge in [-0.15, -0.1) is 0 Å². The van der Waals surface area contributed by atoms with E-state index >= 15 is 0 Å². The van der Waals surface area contributed by atoms with E-state index in [4.69, 9.17) is 9.98 Å². The highest BCUT2D eigenvalue weighted by molar-refractivity contribution is 6.25. The predicted molar refractivity (Wildman–Crippen MR) is 108 cm³/mol. The summed E-state index contributed by atoms with van der Waals surface area (Å²) in [6, 6.07) is 23.3. The molecule has 0 amide bonds. The zero-order chi connectivity index (χ0) is 17.7. The van der Waals surface area contributed by atoms with Gasteiger partial charge in [0.2, 0.25) is 0 Å². The minimum Gasteiger partial charge on any atom is -0.255 e. The minimum atomic E-state index is 1.000. The number of aryl methyl sites for hydroxylation is 2. The van der Waals surface area contributed by atoms with Crippen LogP contribution >= 0.6 is 0 Å². The van der Waals surface area contributed by atoms with Crippen LogP contribution in [0.15, 0.2) is 77.9 Å². The molecule has 2 heteroatoms. The molecule has 0 saturated heterocycles. The van der Waals surface area contributed by atoms with E-state index in [1.54, 1.807) is 0 Å². The van der Waals surface area contributed by atoms with Crippen molar-refractivity contribution in [1.29, 1.82) is 0 Å². The maximum absolute atomic E-state index is 5.13. The lowest BCUT2D eigenvalue weighted by Crippen LogP contribution is -1.98. The molecule has 0 atom stereocenters. The number of pyridine rings is 1. The molecule has 0 spiro atoms. The summed E-state index contributed by atoms with van der Waals surface area (Å²) in [6.07, 6.45) is 1.94. The van der Waals surface area contributed by atoms with Gasteiger partial charge >= 0.3 is 0 Å². The van der Waals surface area contributed by atoms with Crippen molar-refractivity contribution in [3.05, 3.63) is 95.2 Å². The zero-order valence-electron chi connectivity index (χ0n) is 14.8. The summed E-state index contributed by atoms with van der Waals surface area (Å²) in [5, 5.41) is 2.38. The highest BCUT2D eigenvalue weighted by Gasteiger charge is 2.27. The van der Waals surface area contributed by atoms with E-state index in [2.05, 4.69) is 80.6 Å². The van der Waals surface area contributed by atoms with Crippen molar-refractivity contribution >= 4 is 22.2 Å². The van der Waals surface area contributed by atoms with Crippen molar-refractivity contribution in [1.82, 2.24) is 4.98 Å². The van der Waals surface area contributed by atoms with Crippen molar-refractivity contribution in [3.63, 3.8) is 0 Å². The first-order chi connectivity index (χ1) is 12.7. The standard InChI is InChI=1S/C24H18N2/c1-15-13-20-23(19-11-5-7-16(2)22(19)24(20)25-14-15)26-21-12-6-9-17-8-3-4-10-18(17)21/h3-14H,1-2H3. The number of hydrogen-bond donors (Lipinski definition) is 0. The molecule has 0 N–H and O–H groups in total. The van der Waals surface area contributed by atoms with Crippen molar-refractivity contribution in [2.24, 2.45) is 4.99 Å². The fraction of sp³-hybridized carbons (Fsp3) is 0.0833. The Hall–Kier alpha value is -3.26. The molecule has 2 nitrogen and oxygen atoms in total. The zero-order valence-corrected chi connectivity index (χ0v) is 14.8. The molecule has 1 aliphatic carbocycles. The Kier molecular flexibility index (Phi) is 3.26. The molecule has 124 valence electrons. The first-order valence-electron chi connectivity index (χ1n) is 8.86. The second-order valence-corrected chi connectivity index (χ2v) is 6.86. The normalized spacial score (nSPS) is 13.8. The van der Waals surface area contributed by atoms with Gasteiger partial charge in [0.1, 0.15) is 0 Å². The van der Waals surface area contributed by atoms with Gasteiger partial charge in [-0.05, 0) is 42.5 Å². The Labute approximate surface area is 152 Å². The number of nitrogens with zero attached hydrogens (tertiary/aromatic N) is 2.